The Bertz CT molecular complexity index is 1820. The number of halogens is 1. The number of hydrogen-bond donors (Lipinski definition) is 3. The summed E-state index contributed by atoms with van der Waals surface area (Å²) in [5.41, 5.74) is 2.49. The molecular formula is C32H42ClN8O5PS. The largest absolute Gasteiger partial charge is 0.494 e. The summed E-state index contributed by atoms with van der Waals surface area (Å²) in [6.45, 7) is 11.1. The molecule has 0 unspecified atom stereocenters. The van der Waals surface area contributed by atoms with Gasteiger partial charge in [-0.15, -0.1) is 0 Å². The Morgan fingerprint density at radius 2 is 1.73 bits per heavy atom. The van der Waals surface area contributed by atoms with E-state index < -0.39 is 17.2 Å². The molecule has 0 atom stereocenters. The minimum absolute atomic E-state index is 0.221. The number of aromatic nitrogens is 2. The first kappa shape index (κ1) is 35.6. The normalized spacial score (nSPS) is 16.7. The molecule has 2 aromatic carbocycles. The Morgan fingerprint density at radius 3 is 2.35 bits per heavy atom. The third kappa shape index (κ3) is 8.48. The number of piperazine rings is 1. The minimum atomic E-state index is -3.17. The van der Waals surface area contributed by atoms with Crippen LogP contribution in [0.2, 0.25) is 5.02 Å². The lowest BCUT2D eigenvalue weighted by molar-refractivity contribution is -0.111. The van der Waals surface area contributed by atoms with Crippen LogP contribution in [-0.2, 0) is 19.4 Å². The van der Waals surface area contributed by atoms with Gasteiger partial charge in [0, 0.05) is 56.7 Å². The van der Waals surface area contributed by atoms with Gasteiger partial charge in [0.15, 0.2) is 5.82 Å². The van der Waals surface area contributed by atoms with E-state index in [0.717, 1.165) is 31.6 Å². The number of para-hydroxylation sites is 1. The van der Waals surface area contributed by atoms with Crippen LogP contribution in [-0.4, -0.2) is 106 Å². The van der Waals surface area contributed by atoms with Crippen molar-refractivity contribution in [2.24, 2.45) is 0 Å². The molecule has 0 bridgehead atoms. The Labute approximate surface area is 287 Å². The predicted octanol–water partition coefficient (Wildman–Crippen LogP) is 4.54. The molecule has 0 saturated carbocycles. The van der Waals surface area contributed by atoms with Gasteiger partial charge in [0.05, 0.1) is 42.3 Å². The summed E-state index contributed by atoms with van der Waals surface area (Å²) in [5, 5.41) is 10.3. The highest BCUT2D eigenvalue weighted by molar-refractivity contribution is 7.88. The maximum Gasteiger partial charge on any atom is 0.247 e. The van der Waals surface area contributed by atoms with Crippen LogP contribution in [0, 0.1) is 0 Å². The number of ether oxygens (including phenoxy) is 1. The number of methoxy groups -OCH3 is 1. The molecule has 2 saturated heterocycles. The van der Waals surface area contributed by atoms with Crippen molar-refractivity contribution < 1.29 is 22.5 Å². The molecule has 0 spiro atoms. The van der Waals surface area contributed by atoms with E-state index in [9.17, 15) is 17.8 Å². The van der Waals surface area contributed by atoms with Crippen molar-refractivity contribution in [2.75, 3.05) is 86.8 Å². The summed E-state index contributed by atoms with van der Waals surface area (Å²) in [4.78, 5) is 26.1. The monoisotopic (exact) mass is 716 g/mol. The molecular weight excluding hydrogens is 675 g/mol. The molecule has 0 aliphatic carbocycles. The zero-order valence-electron chi connectivity index (χ0n) is 27.6. The van der Waals surface area contributed by atoms with Gasteiger partial charge in [0.1, 0.15) is 17.9 Å². The van der Waals surface area contributed by atoms with Gasteiger partial charge in [-0.25, -0.2) is 17.7 Å². The van der Waals surface area contributed by atoms with Crippen molar-refractivity contribution in [1.29, 1.82) is 0 Å². The lowest BCUT2D eigenvalue weighted by Crippen LogP contribution is -2.53. The number of piperidine rings is 1. The molecule has 2 aliphatic rings. The van der Waals surface area contributed by atoms with E-state index in [4.69, 9.17) is 16.3 Å². The van der Waals surface area contributed by atoms with Crippen molar-refractivity contribution in [3.8, 4) is 5.75 Å². The van der Waals surface area contributed by atoms with Crippen LogP contribution in [0.5, 0.6) is 5.75 Å². The molecule has 3 aromatic rings. The summed E-state index contributed by atoms with van der Waals surface area (Å²) >= 11 is 6.46. The van der Waals surface area contributed by atoms with Gasteiger partial charge in [-0.05, 0) is 50.4 Å². The first-order valence-electron chi connectivity index (χ1n) is 15.6. The second-order valence-corrected chi connectivity index (χ2v) is 17.8. The number of benzene rings is 2. The maximum atomic E-state index is 12.9. The van der Waals surface area contributed by atoms with Gasteiger partial charge in [0.2, 0.25) is 21.9 Å². The fourth-order valence-electron chi connectivity index (χ4n) is 6.06. The van der Waals surface area contributed by atoms with Crippen molar-refractivity contribution in [3.63, 3.8) is 0 Å². The van der Waals surface area contributed by atoms with Gasteiger partial charge in [-0.2, -0.15) is 4.98 Å². The van der Waals surface area contributed by atoms with Gasteiger partial charge in [-0.3, -0.25) is 9.69 Å². The van der Waals surface area contributed by atoms with Crippen LogP contribution in [0.1, 0.15) is 12.8 Å². The first-order valence-corrected chi connectivity index (χ1v) is 20.4. The van der Waals surface area contributed by atoms with Crippen molar-refractivity contribution in [2.45, 2.75) is 18.9 Å². The lowest BCUT2D eigenvalue weighted by Gasteiger charge is -2.43. The number of amides is 1. The standard InChI is InChI=1S/C32H42ClN8O5PS/c1-6-30(42)35-25-19-26(37-32-34-21-23(33)31(38-32)36-24-9-7-8-10-29(24)47(3,4)43)28(46-2)20-27(25)40-17-15-39(16-18-40)22-11-13-41(14-12-22)48(5,44)45/h6-10,19-22H,1,11-18H2,2-5H3,(H,35,42)(H2,34,36,37,38). The Balaban J connectivity index is 1.36. The van der Waals surface area contributed by atoms with Crippen LogP contribution in [0.25, 0.3) is 0 Å². The number of hydrogen-bond acceptors (Lipinski definition) is 11. The summed E-state index contributed by atoms with van der Waals surface area (Å²) in [7, 11) is -4.20. The molecule has 3 heterocycles. The van der Waals surface area contributed by atoms with Crippen LogP contribution in [0.3, 0.4) is 0 Å². The zero-order chi connectivity index (χ0) is 34.6. The topological polar surface area (TPSA) is 149 Å². The van der Waals surface area contributed by atoms with E-state index in [2.05, 4.69) is 42.3 Å². The zero-order valence-corrected chi connectivity index (χ0v) is 30.0. The molecule has 16 heteroatoms. The highest BCUT2D eigenvalue weighted by Crippen LogP contribution is 2.40. The number of rotatable bonds is 11. The van der Waals surface area contributed by atoms with Crippen molar-refractivity contribution in [1.82, 2.24) is 19.2 Å². The average molecular weight is 717 g/mol. The molecule has 2 fully saturated rings. The smallest absolute Gasteiger partial charge is 0.247 e. The molecule has 3 N–H and O–H groups in total. The third-order valence-corrected chi connectivity index (χ3v) is 11.7. The average Bonchev–Trinajstić information content (AvgIpc) is 3.06. The number of sulfonamides is 1. The van der Waals surface area contributed by atoms with Crippen molar-refractivity contribution >= 4 is 74.5 Å². The lowest BCUT2D eigenvalue weighted by atomic mass is 10.0. The molecule has 2 aliphatic heterocycles. The minimum Gasteiger partial charge on any atom is -0.494 e. The highest BCUT2D eigenvalue weighted by Gasteiger charge is 2.31. The second kappa shape index (κ2) is 14.8. The van der Waals surface area contributed by atoms with E-state index in [1.807, 2.05) is 30.3 Å². The number of nitrogens with zero attached hydrogens (tertiary/aromatic N) is 5. The fourth-order valence-corrected chi connectivity index (χ4v) is 8.23. The first-order chi connectivity index (χ1) is 22.8. The summed E-state index contributed by atoms with van der Waals surface area (Å²) in [6, 6.07) is 11.3. The van der Waals surface area contributed by atoms with Crippen LogP contribution in [0.4, 0.5) is 34.5 Å². The SMILES string of the molecule is C=CC(=O)Nc1cc(Nc2ncc(Cl)c(Nc3ccccc3P(C)(C)=O)n2)c(OC)cc1N1CCN(C2CCN(S(C)(=O)=O)CC2)CC1. The maximum absolute atomic E-state index is 12.9. The van der Waals surface area contributed by atoms with E-state index >= 15 is 0 Å². The molecule has 258 valence electrons. The molecule has 0 radical (unpaired) electrons. The number of nitrogens with one attached hydrogen (secondary N) is 3. The van der Waals surface area contributed by atoms with Crippen LogP contribution >= 0.6 is 18.7 Å². The van der Waals surface area contributed by atoms with E-state index in [-0.39, 0.29) is 16.9 Å². The predicted molar refractivity (Wildman–Crippen MR) is 194 cm³/mol. The molecule has 13 nitrogen and oxygen atoms in total. The number of anilines is 6. The quantitative estimate of drug-likeness (QED) is 0.190. The number of carbonyl (C=O) groups is 1. The summed E-state index contributed by atoms with van der Waals surface area (Å²) in [5.74, 6) is 0.693. The number of carbonyl (C=O) groups excluding carboxylic acids is 1. The van der Waals surface area contributed by atoms with Gasteiger partial charge >= 0.3 is 0 Å². The Morgan fingerprint density at radius 1 is 1.04 bits per heavy atom. The van der Waals surface area contributed by atoms with E-state index in [1.165, 1.54) is 18.5 Å². The van der Waals surface area contributed by atoms with Crippen molar-refractivity contribution in [3.05, 3.63) is 60.3 Å². The molecule has 1 aromatic heterocycles. The van der Waals surface area contributed by atoms with Gasteiger partial charge < -0.3 is 30.2 Å². The summed E-state index contributed by atoms with van der Waals surface area (Å²) in [6.07, 6.45) is 5.55. The van der Waals surface area contributed by atoms with Crippen LogP contribution in [0.15, 0.2) is 55.3 Å². The van der Waals surface area contributed by atoms with Gasteiger partial charge in [-0.1, -0.05) is 30.3 Å². The Hall–Kier alpha value is -3.68. The molecule has 48 heavy (non-hydrogen) atoms. The van der Waals surface area contributed by atoms with E-state index in [1.54, 1.807) is 30.8 Å². The molecule has 1 amide bonds. The van der Waals surface area contributed by atoms with E-state index in [0.29, 0.717) is 66.2 Å². The van der Waals surface area contributed by atoms with Gasteiger partial charge in [0.25, 0.3) is 0 Å². The third-order valence-electron chi connectivity index (χ3n) is 8.55. The fraction of sp³-hybridized carbons (Fsp3) is 0.406. The Kier molecular flexibility index (Phi) is 11.0. The van der Waals surface area contributed by atoms with Crippen LogP contribution < -0.4 is 30.9 Å². The molecule has 5 rings (SSSR count). The summed E-state index contributed by atoms with van der Waals surface area (Å²) < 4.78 is 44.1. The second-order valence-electron chi connectivity index (χ2n) is 12.2. The highest BCUT2D eigenvalue weighted by atomic mass is 35.5.